The van der Waals surface area contributed by atoms with Gasteiger partial charge in [-0.2, -0.15) is 0 Å². The van der Waals surface area contributed by atoms with Crippen LogP contribution < -0.4 is 5.32 Å². The zero-order valence-corrected chi connectivity index (χ0v) is 19.7. The van der Waals surface area contributed by atoms with Gasteiger partial charge in [0.1, 0.15) is 0 Å². The second kappa shape index (κ2) is 9.87. The average molecular weight is 489 g/mol. The zero-order valence-electron chi connectivity index (χ0n) is 16.5. The van der Waals surface area contributed by atoms with Gasteiger partial charge in [-0.15, -0.1) is 21.5 Å². The van der Waals surface area contributed by atoms with Crippen molar-refractivity contribution < 1.29 is 4.79 Å². The summed E-state index contributed by atoms with van der Waals surface area (Å²) in [7, 11) is 0. The van der Waals surface area contributed by atoms with Crippen LogP contribution in [0.5, 0.6) is 0 Å². The smallest absolute Gasteiger partial charge is 0.261 e. The van der Waals surface area contributed by atoms with Gasteiger partial charge in [-0.1, -0.05) is 65.3 Å². The number of rotatable bonds is 7. The molecule has 0 saturated carbocycles. The molecule has 0 aliphatic rings. The van der Waals surface area contributed by atoms with E-state index in [-0.39, 0.29) is 12.5 Å². The molecule has 4 rings (SSSR count). The summed E-state index contributed by atoms with van der Waals surface area (Å²) in [6, 6.07) is 17.1. The molecule has 0 spiro atoms. The molecular weight excluding hydrogens is 471 g/mol. The molecule has 0 atom stereocenters. The van der Waals surface area contributed by atoms with Gasteiger partial charge >= 0.3 is 0 Å². The number of nitrogens with one attached hydrogen (secondary N) is 1. The molecule has 2 heterocycles. The Morgan fingerprint density at radius 1 is 1.13 bits per heavy atom. The second-order valence-corrected chi connectivity index (χ2v) is 9.44. The molecule has 0 aliphatic heterocycles. The molecule has 2 aromatic heterocycles. The number of amides is 1. The number of thioether (sulfide) groups is 1. The molecule has 0 bridgehead atoms. The summed E-state index contributed by atoms with van der Waals surface area (Å²) >= 11 is 15.5. The zero-order chi connectivity index (χ0) is 21.8. The monoisotopic (exact) mass is 488 g/mol. The molecule has 158 valence electrons. The van der Waals surface area contributed by atoms with Gasteiger partial charge in [0.2, 0.25) is 0 Å². The molecule has 4 aromatic rings. The number of thiophene rings is 1. The summed E-state index contributed by atoms with van der Waals surface area (Å²) in [6.45, 7) is 2.30. The van der Waals surface area contributed by atoms with Gasteiger partial charge in [0.15, 0.2) is 11.0 Å². The maximum atomic E-state index is 12.4. The Morgan fingerprint density at radius 2 is 1.97 bits per heavy atom. The van der Waals surface area contributed by atoms with E-state index in [4.69, 9.17) is 23.2 Å². The van der Waals surface area contributed by atoms with E-state index < -0.39 is 0 Å². The van der Waals surface area contributed by atoms with Crippen LogP contribution >= 0.6 is 46.3 Å². The van der Waals surface area contributed by atoms with Gasteiger partial charge < -0.3 is 5.32 Å². The summed E-state index contributed by atoms with van der Waals surface area (Å²) in [6.07, 6.45) is 0. The van der Waals surface area contributed by atoms with Crippen LogP contribution in [0.1, 0.15) is 26.6 Å². The Labute approximate surface area is 198 Å². The molecular formula is C22H18Cl2N4OS2. The molecule has 0 aliphatic carbocycles. The van der Waals surface area contributed by atoms with Gasteiger partial charge in [0.25, 0.3) is 5.91 Å². The van der Waals surface area contributed by atoms with Gasteiger partial charge in [-0.25, -0.2) is 0 Å². The Balaban J connectivity index is 1.63. The normalized spacial score (nSPS) is 10.9. The van der Waals surface area contributed by atoms with Crippen molar-refractivity contribution in [1.29, 1.82) is 0 Å². The Hall–Kier alpha value is -2.32. The lowest BCUT2D eigenvalue weighted by Gasteiger charge is -2.13. The quantitative estimate of drug-likeness (QED) is 0.316. The Morgan fingerprint density at radius 3 is 2.71 bits per heavy atom. The highest BCUT2D eigenvalue weighted by molar-refractivity contribution is 7.98. The maximum absolute atomic E-state index is 12.4. The molecule has 0 unspecified atom stereocenters. The summed E-state index contributed by atoms with van der Waals surface area (Å²) in [5, 5.41) is 15.2. The fourth-order valence-electron chi connectivity index (χ4n) is 2.98. The van der Waals surface area contributed by atoms with Crippen LogP contribution in [0, 0.1) is 6.92 Å². The number of benzene rings is 2. The van der Waals surface area contributed by atoms with Crippen LogP contribution in [0.25, 0.3) is 5.69 Å². The van der Waals surface area contributed by atoms with E-state index >= 15 is 0 Å². The van der Waals surface area contributed by atoms with Crippen molar-refractivity contribution in [3.05, 3.63) is 91.9 Å². The minimum Gasteiger partial charge on any atom is -0.344 e. The third-order valence-electron chi connectivity index (χ3n) is 4.62. The van der Waals surface area contributed by atoms with E-state index in [9.17, 15) is 4.79 Å². The van der Waals surface area contributed by atoms with E-state index in [1.54, 1.807) is 30.0 Å². The summed E-state index contributed by atoms with van der Waals surface area (Å²) in [5.74, 6) is 1.17. The van der Waals surface area contributed by atoms with Gasteiger partial charge in [0, 0.05) is 10.8 Å². The predicted octanol–water partition coefficient (Wildman–Crippen LogP) is 6.17. The van der Waals surface area contributed by atoms with Crippen LogP contribution in [-0.2, 0) is 12.3 Å². The first kappa shape index (κ1) is 21.9. The molecule has 1 amide bonds. The topological polar surface area (TPSA) is 59.8 Å². The van der Waals surface area contributed by atoms with E-state index in [0.717, 1.165) is 5.75 Å². The van der Waals surface area contributed by atoms with Crippen LogP contribution in [-0.4, -0.2) is 20.7 Å². The van der Waals surface area contributed by atoms with E-state index in [1.165, 1.54) is 22.5 Å². The third kappa shape index (κ3) is 5.13. The third-order valence-corrected chi connectivity index (χ3v) is 7.01. The molecule has 2 aromatic carbocycles. The summed E-state index contributed by atoms with van der Waals surface area (Å²) < 4.78 is 1.87. The average Bonchev–Trinajstić information content (AvgIpc) is 3.42. The Bertz CT molecular complexity index is 1210. The molecule has 0 radical (unpaired) electrons. The number of aromatic nitrogens is 3. The summed E-state index contributed by atoms with van der Waals surface area (Å²) in [5.41, 5.74) is 3.15. The van der Waals surface area contributed by atoms with Crippen molar-refractivity contribution in [2.75, 3.05) is 0 Å². The largest absolute Gasteiger partial charge is 0.344 e. The van der Waals surface area contributed by atoms with Crippen molar-refractivity contribution in [2.24, 2.45) is 0 Å². The van der Waals surface area contributed by atoms with E-state index in [0.29, 0.717) is 31.6 Å². The number of nitrogens with zero attached hydrogens (tertiary/aromatic N) is 3. The first-order valence-electron chi connectivity index (χ1n) is 9.41. The van der Waals surface area contributed by atoms with E-state index in [1.807, 2.05) is 34.2 Å². The Kier molecular flexibility index (Phi) is 6.97. The van der Waals surface area contributed by atoms with Crippen LogP contribution in [0.4, 0.5) is 0 Å². The highest BCUT2D eigenvalue weighted by Gasteiger charge is 2.18. The van der Waals surface area contributed by atoms with E-state index in [2.05, 4.69) is 34.6 Å². The van der Waals surface area contributed by atoms with Crippen molar-refractivity contribution in [2.45, 2.75) is 24.4 Å². The first-order chi connectivity index (χ1) is 15.0. The van der Waals surface area contributed by atoms with Crippen LogP contribution in [0.15, 0.2) is 65.1 Å². The number of hydrogen-bond acceptors (Lipinski definition) is 5. The molecule has 5 nitrogen and oxygen atoms in total. The lowest BCUT2D eigenvalue weighted by Crippen LogP contribution is -2.24. The fourth-order valence-corrected chi connectivity index (χ4v) is 5.15. The SMILES string of the molecule is Cc1ccccc1CSc1nnc(CNC(=O)c2cccs2)n1-c1ccc(Cl)cc1Cl. The number of carbonyl (C=O) groups excluding carboxylic acids is 1. The number of carbonyl (C=O) groups is 1. The minimum absolute atomic E-state index is 0.152. The number of halogens is 2. The van der Waals surface area contributed by atoms with Crippen molar-refractivity contribution in [1.82, 2.24) is 20.1 Å². The van der Waals surface area contributed by atoms with Crippen LogP contribution in [0.2, 0.25) is 10.0 Å². The fraction of sp³-hybridized carbons (Fsp3) is 0.136. The molecule has 31 heavy (non-hydrogen) atoms. The van der Waals surface area contributed by atoms with Gasteiger partial charge in [0.05, 0.1) is 22.1 Å². The summed E-state index contributed by atoms with van der Waals surface area (Å²) in [4.78, 5) is 13.0. The first-order valence-corrected chi connectivity index (χ1v) is 12.0. The van der Waals surface area contributed by atoms with Crippen molar-refractivity contribution in [3.63, 3.8) is 0 Å². The maximum Gasteiger partial charge on any atom is 0.261 e. The molecule has 0 fully saturated rings. The second-order valence-electron chi connectivity index (χ2n) is 6.71. The molecule has 9 heteroatoms. The lowest BCUT2D eigenvalue weighted by molar-refractivity contribution is 0.0953. The molecule has 1 N–H and O–H groups in total. The number of aryl methyl sites for hydroxylation is 1. The van der Waals surface area contributed by atoms with Crippen molar-refractivity contribution in [3.8, 4) is 5.69 Å². The van der Waals surface area contributed by atoms with Gasteiger partial charge in [-0.05, 0) is 47.7 Å². The van der Waals surface area contributed by atoms with Gasteiger partial charge in [-0.3, -0.25) is 9.36 Å². The lowest BCUT2D eigenvalue weighted by atomic mass is 10.1. The van der Waals surface area contributed by atoms with Crippen molar-refractivity contribution >= 4 is 52.2 Å². The highest BCUT2D eigenvalue weighted by atomic mass is 35.5. The molecule has 0 saturated heterocycles. The highest BCUT2D eigenvalue weighted by Crippen LogP contribution is 2.31. The minimum atomic E-state index is -0.152. The number of hydrogen-bond donors (Lipinski definition) is 1. The predicted molar refractivity (Wildman–Crippen MR) is 128 cm³/mol. The van der Waals surface area contributed by atoms with Crippen LogP contribution in [0.3, 0.4) is 0 Å². The standard InChI is InChI=1S/C22H18Cl2N4OS2/c1-14-5-2-3-6-15(14)13-31-22-27-26-20(12-25-21(29)19-7-4-10-30-19)28(22)18-9-8-16(23)11-17(18)24/h2-11H,12-13H2,1H3,(H,25,29).